The molecule has 0 aliphatic heterocycles. The molecule has 1 aliphatic rings. The fourth-order valence-electron chi connectivity index (χ4n) is 2.17. The van der Waals surface area contributed by atoms with Crippen molar-refractivity contribution in [1.82, 2.24) is 4.90 Å². The Morgan fingerprint density at radius 2 is 2.16 bits per heavy atom. The Bertz CT molecular complexity index is 430. The number of para-hydroxylation sites is 1. The van der Waals surface area contributed by atoms with Gasteiger partial charge in [0.25, 0.3) is 5.91 Å². The molecule has 2 rings (SSSR count). The minimum Gasteiger partial charge on any atom is -0.483 e. The van der Waals surface area contributed by atoms with E-state index in [0.717, 1.165) is 31.4 Å². The molecule has 0 atom stereocenters. The molecule has 1 aromatic carbocycles. The van der Waals surface area contributed by atoms with E-state index in [4.69, 9.17) is 10.5 Å². The van der Waals surface area contributed by atoms with E-state index < -0.39 is 0 Å². The fourth-order valence-corrected chi connectivity index (χ4v) is 2.17. The summed E-state index contributed by atoms with van der Waals surface area (Å²) in [6.07, 6.45) is 3.25. The first-order valence-electron chi connectivity index (χ1n) is 6.96. The molecule has 0 radical (unpaired) electrons. The average molecular weight is 262 g/mol. The van der Waals surface area contributed by atoms with Crippen LogP contribution in [0.1, 0.15) is 31.7 Å². The van der Waals surface area contributed by atoms with Gasteiger partial charge in [-0.3, -0.25) is 4.79 Å². The molecule has 1 saturated carbocycles. The van der Waals surface area contributed by atoms with Gasteiger partial charge in [0.05, 0.1) is 0 Å². The molecule has 0 bridgehead atoms. The number of benzene rings is 1. The van der Waals surface area contributed by atoms with Crippen molar-refractivity contribution in [2.24, 2.45) is 5.73 Å². The van der Waals surface area contributed by atoms with Crippen LogP contribution in [0.4, 0.5) is 0 Å². The Hall–Kier alpha value is -1.55. The first kappa shape index (κ1) is 13.9. The number of nitrogens with zero attached hydrogens (tertiary/aromatic N) is 1. The molecule has 104 valence electrons. The SMILES string of the molecule is CCCN(C(=O)COc1ccccc1CN)C1CC1. The van der Waals surface area contributed by atoms with E-state index in [-0.39, 0.29) is 12.5 Å². The monoisotopic (exact) mass is 262 g/mol. The number of hydrogen-bond donors (Lipinski definition) is 1. The average Bonchev–Trinajstić information content (AvgIpc) is 3.27. The molecule has 4 heteroatoms. The largest absolute Gasteiger partial charge is 0.483 e. The van der Waals surface area contributed by atoms with E-state index in [1.54, 1.807) is 0 Å². The number of hydrogen-bond acceptors (Lipinski definition) is 3. The van der Waals surface area contributed by atoms with E-state index >= 15 is 0 Å². The lowest BCUT2D eigenvalue weighted by Gasteiger charge is -2.22. The summed E-state index contributed by atoms with van der Waals surface area (Å²) in [6.45, 7) is 3.44. The molecule has 0 aromatic heterocycles. The molecule has 1 amide bonds. The quantitative estimate of drug-likeness (QED) is 0.817. The molecule has 0 spiro atoms. The van der Waals surface area contributed by atoms with Crippen LogP contribution >= 0.6 is 0 Å². The molecule has 19 heavy (non-hydrogen) atoms. The molecular weight excluding hydrogens is 240 g/mol. The van der Waals surface area contributed by atoms with E-state index in [9.17, 15) is 4.79 Å². The van der Waals surface area contributed by atoms with Crippen molar-refractivity contribution < 1.29 is 9.53 Å². The maximum atomic E-state index is 12.2. The Balaban J connectivity index is 1.91. The summed E-state index contributed by atoms with van der Waals surface area (Å²) >= 11 is 0. The van der Waals surface area contributed by atoms with Crippen LogP contribution in [0.3, 0.4) is 0 Å². The molecule has 4 nitrogen and oxygen atoms in total. The zero-order valence-electron chi connectivity index (χ0n) is 11.5. The van der Waals surface area contributed by atoms with Gasteiger partial charge < -0.3 is 15.4 Å². The molecule has 0 unspecified atom stereocenters. The van der Waals surface area contributed by atoms with Crippen LogP contribution in [0.25, 0.3) is 0 Å². The molecule has 2 N–H and O–H groups in total. The van der Waals surface area contributed by atoms with Crippen molar-refractivity contribution in [1.29, 1.82) is 0 Å². The van der Waals surface area contributed by atoms with Crippen LogP contribution in [0, 0.1) is 0 Å². The predicted octanol–water partition coefficient (Wildman–Crippen LogP) is 1.93. The van der Waals surface area contributed by atoms with E-state index in [1.807, 2.05) is 29.2 Å². The topological polar surface area (TPSA) is 55.6 Å². The summed E-state index contributed by atoms with van der Waals surface area (Å²) in [5, 5.41) is 0. The van der Waals surface area contributed by atoms with Gasteiger partial charge in [-0.15, -0.1) is 0 Å². The summed E-state index contributed by atoms with van der Waals surface area (Å²) in [5.41, 5.74) is 6.58. The number of ether oxygens (including phenoxy) is 1. The molecular formula is C15H22N2O2. The third-order valence-electron chi connectivity index (χ3n) is 3.32. The third-order valence-corrected chi connectivity index (χ3v) is 3.32. The van der Waals surface area contributed by atoms with Gasteiger partial charge in [0.15, 0.2) is 6.61 Å². The van der Waals surface area contributed by atoms with Crippen LogP contribution in [-0.2, 0) is 11.3 Å². The Morgan fingerprint density at radius 3 is 2.79 bits per heavy atom. The van der Waals surface area contributed by atoms with Gasteiger partial charge in [-0.1, -0.05) is 25.1 Å². The molecule has 1 aliphatic carbocycles. The standard InChI is InChI=1S/C15H22N2O2/c1-2-9-17(13-7-8-13)15(18)11-19-14-6-4-3-5-12(14)10-16/h3-6,13H,2,7-11,16H2,1H3. The molecule has 0 heterocycles. The van der Waals surface area contributed by atoms with Gasteiger partial charge in [0.2, 0.25) is 0 Å². The minimum atomic E-state index is 0.0798. The molecule has 1 aromatic rings. The number of rotatable bonds is 7. The van der Waals surface area contributed by atoms with Crippen molar-refractivity contribution in [3.63, 3.8) is 0 Å². The second kappa shape index (κ2) is 6.57. The van der Waals surface area contributed by atoms with Crippen LogP contribution in [0.5, 0.6) is 5.75 Å². The Morgan fingerprint density at radius 1 is 1.42 bits per heavy atom. The van der Waals surface area contributed by atoms with Crippen molar-refractivity contribution in [2.45, 2.75) is 38.8 Å². The Labute approximate surface area is 114 Å². The van der Waals surface area contributed by atoms with E-state index in [0.29, 0.717) is 18.3 Å². The molecule has 1 fully saturated rings. The second-order valence-electron chi connectivity index (χ2n) is 4.92. The highest BCUT2D eigenvalue weighted by Gasteiger charge is 2.31. The van der Waals surface area contributed by atoms with Gasteiger partial charge in [-0.2, -0.15) is 0 Å². The minimum absolute atomic E-state index is 0.0798. The summed E-state index contributed by atoms with van der Waals surface area (Å²) in [4.78, 5) is 14.1. The highest BCUT2D eigenvalue weighted by atomic mass is 16.5. The maximum Gasteiger partial charge on any atom is 0.260 e. The van der Waals surface area contributed by atoms with Crippen molar-refractivity contribution in [3.05, 3.63) is 29.8 Å². The predicted molar refractivity (Wildman–Crippen MR) is 74.9 cm³/mol. The molecule has 0 saturated heterocycles. The number of nitrogens with two attached hydrogens (primary N) is 1. The summed E-state index contributed by atoms with van der Waals surface area (Å²) in [5.74, 6) is 0.793. The van der Waals surface area contributed by atoms with Gasteiger partial charge in [0.1, 0.15) is 5.75 Å². The lowest BCUT2D eigenvalue weighted by molar-refractivity contribution is -0.134. The summed E-state index contributed by atoms with van der Waals surface area (Å²) in [7, 11) is 0. The van der Waals surface area contributed by atoms with Crippen molar-refractivity contribution >= 4 is 5.91 Å². The smallest absolute Gasteiger partial charge is 0.260 e. The Kier molecular flexibility index (Phi) is 4.80. The van der Waals surface area contributed by atoms with Gasteiger partial charge in [0, 0.05) is 24.7 Å². The van der Waals surface area contributed by atoms with Crippen LogP contribution in [-0.4, -0.2) is 30.0 Å². The van der Waals surface area contributed by atoms with E-state index in [1.165, 1.54) is 0 Å². The van der Waals surface area contributed by atoms with Crippen molar-refractivity contribution in [3.8, 4) is 5.75 Å². The first-order valence-corrected chi connectivity index (χ1v) is 6.96. The van der Waals surface area contributed by atoms with Crippen LogP contribution in [0.15, 0.2) is 24.3 Å². The van der Waals surface area contributed by atoms with E-state index in [2.05, 4.69) is 6.92 Å². The lowest BCUT2D eigenvalue weighted by atomic mass is 10.2. The van der Waals surface area contributed by atoms with Gasteiger partial charge in [-0.05, 0) is 25.3 Å². The highest BCUT2D eigenvalue weighted by Crippen LogP contribution is 2.27. The first-order chi connectivity index (χ1) is 9.26. The number of carbonyl (C=O) groups is 1. The van der Waals surface area contributed by atoms with Crippen LogP contribution in [0.2, 0.25) is 0 Å². The van der Waals surface area contributed by atoms with Crippen molar-refractivity contribution in [2.75, 3.05) is 13.2 Å². The third kappa shape index (κ3) is 3.70. The summed E-state index contributed by atoms with van der Waals surface area (Å²) < 4.78 is 5.62. The van der Waals surface area contributed by atoms with Gasteiger partial charge in [-0.25, -0.2) is 0 Å². The zero-order valence-corrected chi connectivity index (χ0v) is 11.5. The normalized spacial score (nSPS) is 14.2. The van der Waals surface area contributed by atoms with Gasteiger partial charge >= 0.3 is 0 Å². The summed E-state index contributed by atoms with van der Waals surface area (Å²) in [6, 6.07) is 8.04. The highest BCUT2D eigenvalue weighted by molar-refractivity contribution is 5.78. The fraction of sp³-hybridized carbons (Fsp3) is 0.533. The number of amides is 1. The zero-order chi connectivity index (χ0) is 13.7. The number of carbonyl (C=O) groups excluding carboxylic acids is 1. The second-order valence-corrected chi connectivity index (χ2v) is 4.92. The maximum absolute atomic E-state index is 12.2. The lowest BCUT2D eigenvalue weighted by Crippen LogP contribution is -2.37. The van der Waals surface area contributed by atoms with Crippen LogP contribution < -0.4 is 10.5 Å².